The number of carbonyl (C=O) groups is 1. The summed E-state index contributed by atoms with van der Waals surface area (Å²) in [5.74, 6) is 0.317. The Hall–Kier alpha value is -0.220. The largest absolute Gasteiger partial charge is 0.340 e. The van der Waals surface area contributed by atoms with Crippen molar-refractivity contribution in [1.82, 2.24) is 10.2 Å². The Morgan fingerprint density at radius 2 is 2.13 bits per heavy atom. The third-order valence-electron chi connectivity index (χ3n) is 3.54. The Balaban J connectivity index is 1.95. The van der Waals surface area contributed by atoms with E-state index >= 15 is 0 Å². The van der Waals surface area contributed by atoms with Crippen molar-refractivity contribution in [3.63, 3.8) is 0 Å². The molecule has 2 rings (SSSR count). The molecule has 0 spiro atoms. The quantitative estimate of drug-likeness (QED) is 0.768. The van der Waals surface area contributed by atoms with E-state index in [-0.39, 0.29) is 5.25 Å². The van der Waals surface area contributed by atoms with Gasteiger partial charge in [-0.25, -0.2) is 0 Å². The third-order valence-corrected chi connectivity index (χ3v) is 4.44. The lowest BCUT2D eigenvalue weighted by Crippen LogP contribution is -2.42. The van der Waals surface area contributed by atoms with E-state index in [4.69, 9.17) is 0 Å². The van der Waals surface area contributed by atoms with Crippen LogP contribution in [0.15, 0.2) is 0 Å². The number of nitrogens with zero attached hydrogens (tertiary/aromatic N) is 1. The molecule has 0 aromatic rings. The van der Waals surface area contributed by atoms with Crippen LogP contribution in [0, 0.1) is 0 Å². The fourth-order valence-corrected chi connectivity index (χ4v) is 2.85. The smallest absolute Gasteiger partial charge is 0.235 e. The van der Waals surface area contributed by atoms with Crippen LogP contribution < -0.4 is 5.32 Å². The first-order valence-corrected chi connectivity index (χ1v) is 7.07. The second kappa shape index (κ2) is 4.74. The lowest BCUT2D eigenvalue weighted by atomic mass is 10.1. The molecule has 86 valence electrons. The molecular formula is C11H20N2OS. The summed E-state index contributed by atoms with van der Waals surface area (Å²) in [6.45, 7) is 3.86. The second-order valence-electron chi connectivity index (χ2n) is 4.59. The summed E-state index contributed by atoms with van der Waals surface area (Å²) in [7, 11) is 0. The molecule has 1 N–H and O–H groups in total. The van der Waals surface area contributed by atoms with Crippen LogP contribution in [0.3, 0.4) is 0 Å². The topological polar surface area (TPSA) is 32.3 Å². The number of fused-ring (bicyclic) bond motifs is 2. The fraction of sp³-hybridized carbons (Fsp3) is 0.909. The van der Waals surface area contributed by atoms with Gasteiger partial charge < -0.3 is 10.2 Å². The van der Waals surface area contributed by atoms with Crippen molar-refractivity contribution in [3.8, 4) is 0 Å². The minimum absolute atomic E-state index is 0.113. The Labute approximate surface area is 96.0 Å². The molecule has 0 aromatic heterocycles. The van der Waals surface area contributed by atoms with Crippen molar-refractivity contribution in [3.05, 3.63) is 0 Å². The van der Waals surface area contributed by atoms with Gasteiger partial charge in [0.05, 0.1) is 5.25 Å². The van der Waals surface area contributed by atoms with Gasteiger partial charge in [-0.2, -0.15) is 11.8 Å². The van der Waals surface area contributed by atoms with Crippen molar-refractivity contribution < 1.29 is 4.79 Å². The van der Waals surface area contributed by atoms with Crippen LogP contribution in [0.25, 0.3) is 0 Å². The van der Waals surface area contributed by atoms with Gasteiger partial charge in [-0.15, -0.1) is 0 Å². The lowest BCUT2D eigenvalue weighted by Gasteiger charge is -2.26. The monoisotopic (exact) mass is 228 g/mol. The molecule has 3 nitrogen and oxygen atoms in total. The molecule has 0 saturated carbocycles. The summed E-state index contributed by atoms with van der Waals surface area (Å²) in [5.41, 5.74) is 0. The highest BCUT2D eigenvalue weighted by atomic mass is 32.2. The molecule has 2 aliphatic rings. The first-order chi connectivity index (χ1) is 7.20. The number of thioether (sulfide) groups is 1. The zero-order valence-corrected chi connectivity index (χ0v) is 10.3. The van der Waals surface area contributed by atoms with Gasteiger partial charge >= 0.3 is 0 Å². The van der Waals surface area contributed by atoms with E-state index < -0.39 is 0 Å². The van der Waals surface area contributed by atoms with Gasteiger partial charge in [0.15, 0.2) is 0 Å². The van der Waals surface area contributed by atoms with Gasteiger partial charge in [-0.05, 0) is 32.4 Å². The summed E-state index contributed by atoms with van der Waals surface area (Å²) in [4.78, 5) is 14.1. The van der Waals surface area contributed by atoms with E-state index in [0.29, 0.717) is 18.0 Å². The first kappa shape index (κ1) is 11.3. The number of nitrogens with one attached hydrogen (secondary N) is 1. The van der Waals surface area contributed by atoms with Gasteiger partial charge in [-0.3, -0.25) is 4.79 Å². The van der Waals surface area contributed by atoms with Crippen molar-refractivity contribution in [1.29, 1.82) is 0 Å². The van der Waals surface area contributed by atoms with Crippen molar-refractivity contribution >= 4 is 17.7 Å². The standard InChI is InChI=1S/C11H20N2OS/c1-8(15-2)11(14)13-6-5-9-3-4-10(7-13)12-9/h8-10,12H,3-7H2,1-2H3. The minimum Gasteiger partial charge on any atom is -0.340 e. The molecule has 2 fully saturated rings. The van der Waals surface area contributed by atoms with E-state index in [1.165, 1.54) is 12.8 Å². The van der Waals surface area contributed by atoms with Crippen molar-refractivity contribution in [2.45, 2.75) is 43.5 Å². The number of carbonyl (C=O) groups excluding carboxylic acids is 1. The third kappa shape index (κ3) is 2.48. The maximum absolute atomic E-state index is 12.0. The molecule has 1 amide bonds. The van der Waals surface area contributed by atoms with Gasteiger partial charge in [0, 0.05) is 25.2 Å². The number of likely N-dealkylation sites (tertiary alicyclic amines) is 1. The van der Waals surface area contributed by atoms with Crippen molar-refractivity contribution in [2.75, 3.05) is 19.3 Å². The average Bonchev–Trinajstić information content (AvgIpc) is 2.56. The van der Waals surface area contributed by atoms with E-state index in [0.717, 1.165) is 19.5 Å². The van der Waals surface area contributed by atoms with Gasteiger partial charge in [0.25, 0.3) is 0 Å². The molecule has 0 aromatic carbocycles. The predicted octanol–water partition coefficient (Wildman–Crippen LogP) is 1.09. The normalized spacial score (nSPS) is 32.5. The molecule has 3 atom stereocenters. The second-order valence-corrected chi connectivity index (χ2v) is 5.77. The summed E-state index contributed by atoms with van der Waals surface area (Å²) < 4.78 is 0. The molecule has 4 heteroatoms. The minimum atomic E-state index is 0.113. The molecule has 3 unspecified atom stereocenters. The SMILES string of the molecule is CSC(C)C(=O)N1CCC2CCC(C1)N2. The van der Waals surface area contributed by atoms with E-state index in [1.807, 2.05) is 13.2 Å². The van der Waals surface area contributed by atoms with Crippen LogP contribution in [-0.2, 0) is 4.79 Å². The van der Waals surface area contributed by atoms with Crippen LogP contribution in [0.1, 0.15) is 26.2 Å². The van der Waals surface area contributed by atoms with Crippen LogP contribution in [0.4, 0.5) is 0 Å². The highest BCUT2D eigenvalue weighted by Gasteiger charge is 2.32. The molecular weight excluding hydrogens is 208 g/mol. The van der Waals surface area contributed by atoms with Gasteiger partial charge in [-0.1, -0.05) is 0 Å². The number of amides is 1. The maximum atomic E-state index is 12.0. The lowest BCUT2D eigenvalue weighted by molar-refractivity contribution is -0.130. The molecule has 2 bridgehead atoms. The van der Waals surface area contributed by atoms with Crippen LogP contribution in [0.2, 0.25) is 0 Å². The summed E-state index contributed by atoms with van der Waals surface area (Å²) in [5, 5.41) is 3.71. The predicted molar refractivity (Wildman–Crippen MR) is 64.1 cm³/mol. The average molecular weight is 228 g/mol. The Morgan fingerprint density at radius 3 is 2.87 bits per heavy atom. The Morgan fingerprint density at radius 1 is 1.40 bits per heavy atom. The van der Waals surface area contributed by atoms with Crippen LogP contribution in [-0.4, -0.2) is 47.5 Å². The van der Waals surface area contributed by atoms with Gasteiger partial charge in [0.2, 0.25) is 5.91 Å². The van der Waals surface area contributed by atoms with Crippen molar-refractivity contribution in [2.24, 2.45) is 0 Å². The molecule has 0 radical (unpaired) electrons. The van der Waals surface area contributed by atoms with Crippen LogP contribution in [0.5, 0.6) is 0 Å². The Bertz CT molecular complexity index is 247. The number of hydrogen-bond donors (Lipinski definition) is 1. The van der Waals surface area contributed by atoms with E-state index in [9.17, 15) is 4.79 Å². The highest BCUT2D eigenvalue weighted by molar-refractivity contribution is 7.99. The van der Waals surface area contributed by atoms with Gasteiger partial charge in [0.1, 0.15) is 0 Å². The molecule has 2 heterocycles. The number of rotatable bonds is 2. The van der Waals surface area contributed by atoms with E-state index in [1.54, 1.807) is 11.8 Å². The maximum Gasteiger partial charge on any atom is 0.235 e. The summed E-state index contributed by atoms with van der Waals surface area (Å²) in [6, 6.07) is 1.22. The Kier molecular flexibility index (Phi) is 3.57. The van der Waals surface area contributed by atoms with Crippen LogP contribution >= 0.6 is 11.8 Å². The summed E-state index contributed by atoms with van der Waals surface area (Å²) in [6.07, 6.45) is 5.67. The molecule has 15 heavy (non-hydrogen) atoms. The van der Waals surface area contributed by atoms with E-state index in [2.05, 4.69) is 10.2 Å². The highest BCUT2D eigenvalue weighted by Crippen LogP contribution is 2.21. The fourth-order valence-electron chi connectivity index (χ4n) is 2.50. The zero-order chi connectivity index (χ0) is 10.8. The number of hydrogen-bond acceptors (Lipinski definition) is 3. The molecule has 2 aliphatic heterocycles. The molecule has 2 saturated heterocycles. The molecule has 0 aliphatic carbocycles. The summed E-state index contributed by atoms with van der Waals surface area (Å²) >= 11 is 1.64. The first-order valence-electron chi connectivity index (χ1n) is 5.78. The zero-order valence-electron chi connectivity index (χ0n) is 9.53.